The Morgan fingerprint density at radius 3 is 2.50 bits per heavy atom. The third-order valence-corrected chi connectivity index (χ3v) is 5.23. The highest BCUT2D eigenvalue weighted by molar-refractivity contribution is 5.87. The van der Waals surface area contributed by atoms with E-state index in [4.69, 9.17) is 4.74 Å². The Hall–Kier alpha value is -2.04. The van der Waals surface area contributed by atoms with E-state index < -0.39 is 6.04 Å². The Bertz CT molecular complexity index is 636. The molecule has 1 heterocycles. The lowest BCUT2D eigenvalue weighted by Crippen LogP contribution is -2.53. The molecule has 1 saturated heterocycles. The van der Waals surface area contributed by atoms with Crippen LogP contribution in [0.15, 0.2) is 18.2 Å². The number of nitrogens with one attached hydrogen (secondary N) is 1. The molecule has 2 amide bonds. The van der Waals surface area contributed by atoms with E-state index in [0.717, 1.165) is 30.6 Å². The smallest absolute Gasteiger partial charge is 0.245 e. The van der Waals surface area contributed by atoms with Crippen LogP contribution < -0.4 is 10.1 Å². The van der Waals surface area contributed by atoms with Gasteiger partial charge >= 0.3 is 0 Å². The van der Waals surface area contributed by atoms with Crippen molar-refractivity contribution in [1.29, 1.82) is 0 Å². The first-order valence-electron chi connectivity index (χ1n) is 9.61. The van der Waals surface area contributed by atoms with Crippen molar-refractivity contribution in [3.8, 4) is 5.75 Å². The average Bonchev–Trinajstić information content (AvgIpc) is 2.62. The Morgan fingerprint density at radius 2 is 1.92 bits per heavy atom. The average molecular weight is 360 g/mol. The second-order valence-corrected chi connectivity index (χ2v) is 7.48. The fourth-order valence-corrected chi connectivity index (χ4v) is 3.31. The van der Waals surface area contributed by atoms with Gasteiger partial charge in [0.15, 0.2) is 0 Å². The molecule has 1 aromatic carbocycles. The van der Waals surface area contributed by atoms with Crippen molar-refractivity contribution in [1.82, 2.24) is 10.2 Å². The molecule has 2 atom stereocenters. The van der Waals surface area contributed by atoms with Crippen LogP contribution in [0.4, 0.5) is 0 Å². The van der Waals surface area contributed by atoms with Crippen LogP contribution in [-0.2, 0) is 9.59 Å². The molecule has 2 rings (SSSR count). The van der Waals surface area contributed by atoms with E-state index in [2.05, 4.69) is 37.4 Å². The number of nitrogens with zero attached hydrogens (tertiary/aromatic N) is 1. The van der Waals surface area contributed by atoms with Gasteiger partial charge in [0, 0.05) is 32.9 Å². The molecule has 26 heavy (non-hydrogen) atoms. The van der Waals surface area contributed by atoms with E-state index in [1.54, 1.807) is 0 Å². The number of carbonyl (C=O) groups excluding carboxylic acids is 2. The van der Waals surface area contributed by atoms with E-state index in [9.17, 15) is 9.59 Å². The van der Waals surface area contributed by atoms with Crippen LogP contribution in [0, 0.1) is 19.8 Å². The minimum absolute atomic E-state index is 0.0275. The number of likely N-dealkylation sites (tertiary alicyclic amines) is 1. The Kier molecular flexibility index (Phi) is 7.06. The zero-order valence-electron chi connectivity index (χ0n) is 16.7. The third-order valence-electron chi connectivity index (χ3n) is 5.23. The lowest BCUT2D eigenvalue weighted by molar-refractivity contribution is -0.139. The number of ether oxygens (including phenoxy) is 1. The van der Waals surface area contributed by atoms with E-state index in [0.29, 0.717) is 13.1 Å². The van der Waals surface area contributed by atoms with Crippen LogP contribution in [0.2, 0.25) is 0 Å². The van der Waals surface area contributed by atoms with Crippen molar-refractivity contribution in [2.24, 2.45) is 5.92 Å². The summed E-state index contributed by atoms with van der Waals surface area (Å²) in [4.78, 5) is 26.2. The van der Waals surface area contributed by atoms with Gasteiger partial charge in [0.05, 0.1) is 0 Å². The minimum atomic E-state index is -0.436. The van der Waals surface area contributed by atoms with Crippen LogP contribution in [0.5, 0.6) is 5.75 Å². The van der Waals surface area contributed by atoms with Crippen molar-refractivity contribution in [3.05, 3.63) is 29.3 Å². The number of hydrogen-bond acceptors (Lipinski definition) is 3. The highest BCUT2D eigenvalue weighted by atomic mass is 16.5. The van der Waals surface area contributed by atoms with Gasteiger partial charge in [-0.1, -0.05) is 32.4 Å². The maximum absolute atomic E-state index is 12.9. The van der Waals surface area contributed by atoms with Crippen LogP contribution in [0.1, 0.15) is 51.2 Å². The van der Waals surface area contributed by atoms with Gasteiger partial charge in [-0.05, 0) is 37.0 Å². The van der Waals surface area contributed by atoms with Gasteiger partial charge in [0.1, 0.15) is 17.9 Å². The molecule has 0 aromatic heterocycles. The Labute approximate surface area is 157 Å². The van der Waals surface area contributed by atoms with Gasteiger partial charge in [0.25, 0.3) is 0 Å². The maximum atomic E-state index is 12.9. The molecule has 1 aromatic rings. The van der Waals surface area contributed by atoms with Crippen LogP contribution >= 0.6 is 0 Å². The number of piperidine rings is 1. The number of benzene rings is 1. The fourth-order valence-electron chi connectivity index (χ4n) is 3.31. The predicted molar refractivity (Wildman–Crippen MR) is 103 cm³/mol. The molecule has 0 saturated carbocycles. The topological polar surface area (TPSA) is 58.6 Å². The highest BCUT2D eigenvalue weighted by Gasteiger charge is 2.32. The molecule has 1 aliphatic heterocycles. The van der Waals surface area contributed by atoms with Gasteiger partial charge in [-0.3, -0.25) is 9.59 Å². The standard InChI is InChI=1S/C21H32N2O3/c1-6-15(3)20(22-17(5)24)21(25)23-11-9-18(10-12-23)26-19-13-14(2)7-8-16(19)4/h7-8,13,15,18,20H,6,9-12H2,1-5H3,(H,22,24)/t15-,20-/m0/s1. The van der Waals surface area contributed by atoms with Crippen molar-refractivity contribution in [2.45, 2.75) is 66.0 Å². The van der Waals surface area contributed by atoms with E-state index in [-0.39, 0.29) is 23.8 Å². The summed E-state index contributed by atoms with van der Waals surface area (Å²) in [7, 11) is 0. The van der Waals surface area contributed by atoms with Gasteiger partial charge in [-0.2, -0.15) is 0 Å². The predicted octanol–water partition coefficient (Wildman–Crippen LogP) is 3.22. The molecule has 0 aliphatic carbocycles. The molecule has 0 bridgehead atoms. The first-order chi connectivity index (χ1) is 12.3. The van der Waals surface area contributed by atoms with E-state index in [1.807, 2.05) is 18.7 Å². The fraction of sp³-hybridized carbons (Fsp3) is 0.619. The second-order valence-electron chi connectivity index (χ2n) is 7.48. The summed E-state index contributed by atoms with van der Waals surface area (Å²) < 4.78 is 6.18. The van der Waals surface area contributed by atoms with Crippen LogP contribution in [0.3, 0.4) is 0 Å². The lowest BCUT2D eigenvalue weighted by atomic mass is 9.96. The first-order valence-corrected chi connectivity index (χ1v) is 9.61. The molecule has 0 spiro atoms. The van der Waals surface area contributed by atoms with Crippen LogP contribution in [0.25, 0.3) is 0 Å². The quantitative estimate of drug-likeness (QED) is 0.847. The van der Waals surface area contributed by atoms with Crippen molar-refractivity contribution >= 4 is 11.8 Å². The molecule has 1 fully saturated rings. The summed E-state index contributed by atoms with van der Waals surface area (Å²) in [6, 6.07) is 5.80. The van der Waals surface area contributed by atoms with Crippen molar-refractivity contribution in [3.63, 3.8) is 0 Å². The monoisotopic (exact) mass is 360 g/mol. The molecule has 1 aliphatic rings. The van der Waals surface area contributed by atoms with Crippen molar-refractivity contribution in [2.75, 3.05) is 13.1 Å². The molecule has 0 unspecified atom stereocenters. The number of rotatable bonds is 6. The van der Waals surface area contributed by atoms with Crippen LogP contribution in [-0.4, -0.2) is 41.9 Å². The molecule has 5 heteroatoms. The highest BCUT2D eigenvalue weighted by Crippen LogP contribution is 2.24. The zero-order chi connectivity index (χ0) is 19.3. The Morgan fingerprint density at radius 1 is 1.27 bits per heavy atom. The summed E-state index contributed by atoms with van der Waals surface area (Å²) in [5.74, 6) is 0.928. The molecule has 0 radical (unpaired) electrons. The molecular formula is C21H32N2O3. The zero-order valence-corrected chi connectivity index (χ0v) is 16.7. The maximum Gasteiger partial charge on any atom is 0.245 e. The van der Waals surface area contributed by atoms with E-state index >= 15 is 0 Å². The molecular weight excluding hydrogens is 328 g/mol. The third kappa shape index (κ3) is 5.23. The van der Waals surface area contributed by atoms with Crippen molar-refractivity contribution < 1.29 is 14.3 Å². The summed E-state index contributed by atoms with van der Waals surface area (Å²) in [6.07, 6.45) is 2.60. The molecule has 144 valence electrons. The number of amides is 2. The SMILES string of the molecule is CC[C@H](C)[C@H](NC(C)=O)C(=O)N1CCC(Oc2cc(C)ccc2C)CC1. The lowest BCUT2D eigenvalue weighted by Gasteiger charge is -2.36. The summed E-state index contributed by atoms with van der Waals surface area (Å²) in [5, 5.41) is 2.83. The number of hydrogen-bond donors (Lipinski definition) is 1. The first kappa shape index (κ1) is 20.3. The normalized spacial score (nSPS) is 17.5. The summed E-state index contributed by atoms with van der Waals surface area (Å²) in [6.45, 7) is 11.0. The number of carbonyl (C=O) groups is 2. The summed E-state index contributed by atoms with van der Waals surface area (Å²) in [5.41, 5.74) is 2.32. The molecule has 1 N–H and O–H groups in total. The second kappa shape index (κ2) is 9.06. The van der Waals surface area contributed by atoms with Gasteiger partial charge < -0.3 is 15.0 Å². The van der Waals surface area contributed by atoms with Gasteiger partial charge in [-0.25, -0.2) is 0 Å². The number of aryl methyl sites for hydroxylation is 2. The molecule has 5 nitrogen and oxygen atoms in total. The van der Waals surface area contributed by atoms with Gasteiger partial charge in [0.2, 0.25) is 11.8 Å². The minimum Gasteiger partial charge on any atom is -0.490 e. The van der Waals surface area contributed by atoms with Gasteiger partial charge in [-0.15, -0.1) is 0 Å². The summed E-state index contributed by atoms with van der Waals surface area (Å²) >= 11 is 0. The van der Waals surface area contributed by atoms with E-state index in [1.165, 1.54) is 12.5 Å². The Balaban J connectivity index is 1.95. The largest absolute Gasteiger partial charge is 0.490 e.